The van der Waals surface area contributed by atoms with Gasteiger partial charge in [-0.3, -0.25) is 14.4 Å². The first-order chi connectivity index (χ1) is 17.3. The monoisotopic (exact) mass is 523 g/mol. The van der Waals surface area contributed by atoms with E-state index in [1.54, 1.807) is 26.8 Å². The smallest absolute Gasteiger partial charge is 0.480 e. The Morgan fingerprint density at radius 2 is 1.35 bits per heavy atom. The zero-order chi connectivity index (χ0) is 28.3. The summed E-state index contributed by atoms with van der Waals surface area (Å²) in [7, 11) is 0. The largest absolute Gasteiger partial charge is 0.508 e. The molecule has 1 aromatic carbocycles. The lowest BCUT2D eigenvalue weighted by molar-refractivity contribution is -0.140. The van der Waals surface area contributed by atoms with Crippen molar-refractivity contribution in [2.75, 3.05) is 0 Å². The fourth-order valence-electron chi connectivity index (χ4n) is 3.51. The van der Waals surface area contributed by atoms with Gasteiger partial charge in [0.1, 0.15) is 18.2 Å². The highest BCUT2D eigenvalue weighted by molar-refractivity contribution is 5.77. The molecule has 0 aromatic heterocycles. The molecule has 5 atom stereocenters. The third kappa shape index (κ3) is 10.0. The fraction of sp³-hybridized carbons (Fsp3) is 0.630. The van der Waals surface area contributed by atoms with Crippen molar-refractivity contribution in [3.8, 4) is 11.5 Å². The van der Waals surface area contributed by atoms with Crippen LogP contribution in [0.4, 0.5) is 4.79 Å². The average molecular weight is 524 g/mol. The molecule has 0 fully saturated rings. The number of carbonyl (C=O) groups excluding carboxylic acids is 3. The van der Waals surface area contributed by atoms with Crippen LogP contribution in [0.1, 0.15) is 85.6 Å². The SMILES string of the molecule is CCCC(=O)Oc1ccc(C(C(C)C(C)OC(=O)OC(C)C(C)C)[C@H](N)C(=O)O)cc1OC(=O)CCC. The molecule has 0 amide bonds. The summed E-state index contributed by atoms with van der Waals surface area (Å²) in [6.45, 7) is 12.5. The Morgan fingerprint density at radius 3 is 1.84 bits per heavy atom. The standard InChI is InChI=1S/C27H41NO9/c1-8-10-22(29)36-20-13-12-19(14-21(20)37-23(30)11-9-2)24(25(28)26(31)32)16(5)18(7)35-27(33)34-17(6)15(3)4/h12-18,24-25H,8-11,28H2,1-7H3,(H,31,32)/t16?,17?,18?,24?,25-/m0/s1. The van der Waals surface area contributed by atoms with Crippen LogP contribution in [0.15, 0.2) is 18.2 Å². The Morgan fingerprint density at radius 1 is 0.838 bits per heavy atom. The molecule has 0 aliphatic heterocycles. The van der Waals surface area contributed by atoms with Gasteiger partial charge in [-0.05, 0) is 50.3 Å². The molecule has 0 aliphatic carbocycles. The van der Waals surface area contributed by atoms with Gasteiger partial charge in [0.05, 0.1) is 0 Å². The normalized spacial score (nSPS) is 15.2. The van der Waals surface area contributed by atoms with Gasteiger partial charge in [0.15, 0.2) is 11.5 Å². The Bertz CT molecular complexity index is 930. The van der Waals surface area contributed by atoms with Crippen LogP contribution in [0.25, 0.3) is 0 Å². The molecule has 0 saturated heterocycles. The maximum Gasteiger partial charge on any atom is 0.508 e. The molecule has 0 saturated carbocycles. The minimum absolute atomic E-state index is 0.0195. The number of benzene rings is 1. The molecule has 37 heavy (non-hydrogen) atoms. The van der Waals surface area contributed by atoms with E-state index in [0.29, 0.717) is 18.4 Å². The van der Waals surface area contributed by atoms with Crippen LogP contribution in [-0.2, 0) is 23.9 Å². The molecule has 10 nitrogen and oxygen atoms in total. The molecule has 0 radical (unpaired) electrons. The highest BCUT2D eigenvalue weighted by Gasteiger charge is 2.36. The molecule has 4 unspecified atom stereocenters. The van der Waals surface area contributed by atoms with Crippen molar-refractivity contribution in [2.24, 2.45) is 17.6 Å². The van der Waals surface area contributed by atoms with Gasteiger partial charge in [-0.25, -0.2) is 4.79 Å². The van der Waals surface area contributed by atoms with Gasteiger partial charge in [-0.15, -0.1) is 0 Å². The van der Waals surface area contributed by atoms with Crippen LogP contribution in [-0.4, -0.2) is 47.4 Å². The number of hydrogen-bond acceptors (Lipinski definition) is 9. The van der Waals surface area contributed by atoms with Crippen LogP contribution in [0.5, 0.6) is 11.5 Å². The van der Waals surface area contributed by atoms with Crippen molar-refractivity contribution in [1.29, 1.82) is 0 Å². The molecule has 208 valence electrons. The van der Waals surface area contributed by atoms with E-state index in [1.165, 1.54) is 12.1 Å². The number of carboxylic acid groups (broad SMARTS) is 1. The summed E-state index contributed by atoms with van der Waals surface area (Å²) in [5.74, 6) is -3.61. The molecular formula is C27H41NO9. The van der Waals surface area contributed by atoms with Crippen molar-refractivity contribution in [3.63, 3.8) is 0 Å². The molecule has 0 heterocycles. The van der Waals surface area contributed by atoms with Crippen LogP contribution in [0.2, 0.25) is 0 Å². The summed E-state index contributed by atoms with van der Waals surface area (Å²) in [4.78, 5) is 48.5. The van der Waals surface area contributed by atoms with Crippen LogP contribution in [0.3, 0.4) is 0 Å². The highest BCUT2D eigenvalue weighted by atomic mass is 16.7. The zero-order valence-electron chi connectivity index (χ0n) is 22.8. The molecular weight excluding hydrogens is 482 g/mol. The number of ether oxygens (including phenoxy) is 4. The van der Waals surface area contributed by atoms with Gasteiger partial charge < -0.3 is 29.8 Å². The number of carbonyl (C=O) groups is 4. The molecule has 1 aromatic rings. The van der Waals surface area contributed by atoms with E-state index in [2.05, 4.69) is 0 Å². The van der Waals surface area contributed by atoms with Gasteiger partial charge in [0.2, 0.25) is 0 Å². The highest BCUT2D eigenvalue weighted by Crippen LogP contribution is 2.37. The van der Waals surface area contributed by atoms with Gasteiger partial charge >= 0.3 is 24.1 Å². The van der Waals surface area contributed by atoms with Crippen LogP contribution < -0.4 is 15.2 Å². The molecule has 0 bridgehead atoms. The van der Waals surface area contributed by atoms with Crippen molar-refractivity contribution in [2.45, 2.75) is 98.3 Å². The summed E-state index contributed by atoms with van der Waals surface area (Å²) in [5.41, 5.74) is 6.49. The topological polar surface area (TPSA) is 151 Å². The van der Waals surface area contributed by atoms with E-state index >= 15 is 0 Å². The number of esters is 2. The quantitative estimate of drug-likeness (QED) is 0.256. The maximum atomic E-state index is 12.3. The summed E-state index contributed by atoms with van der Waals surface area (Å²) in [6, 6.07) is 3.06. The summed E-state index contributed by atoms with van der Waals surface area (Å²) < 4.78 is 21.5. The molecule has 3 N–H and O–H groups in total. The number of rotatable bonds is 14. The van der Waals surface area contributed by atoms with Gasteiger partial charge in [0.25, 0.3) is 0 Å². The minimum atomic E-state index is -1.38. The van der Waals surface area contributed by atoms with Gasteiger partial charge in [0, 0.05) is 24.7 Å². The van der Waals surface area contributed by atoms with Crippen LogP contribution >= 0.6 is 0 Å². The Hall–Kier alpha value is -3.14. The minimum Gasteiger partial charge on any atom is -0.480 e. The second-order valence-corrected chi connectivity index (χ2v) is 9.54. The van der Waals surface area contributed by atoms with E-state index in [9.17, 15) is 24.3 Å². The number of carboxylic acids is 1. The lowest BCUT2D eigenvalue weighted by Crippen LogP contribution is -2.43. The zero-order valence-corrected chi connectivity index (χ0v) is 22.8. The van der Waals surface area contributed by atoms with Gasteiger partial charge in [-0.1, -0.05) is 40.7 Å². The predicted molar refractivity (Wildman–Crippen MR) is 136 cm³/mol. The van der Waals surface area contributed by atoms with Gasteiger partial charge in [-0.2, -0.15) is 0 Å². The first-order valence-electron chi connectivity index (χ1n) is 12.7. The number of hydrogen-bond donors (Lipinski definition) is 2. The summed E-state index contributed by atoms with van der Waals surface area (Å²) in [6.07, 6.45) is -0.559. The molecule has 0 spiro atoms. The first-order valence-corrected chi connectivity index (χ1v) is 12.7. The maximum absolute atomic E-state index is 12.3. The number of nitrogens with two attached hydrogens (primary N) is 1. The first kappa shape index (κ1) is 31.9. The van der Waals surface area contributed by atoms with Crippen molar-refractivity contribution >= 4 is 24.1 Å². The second kappa shape index (κ2) is 15.2. The van der Waals surface area contributed by atoms with Crippen molar-refractivity contribution < 1.29 is 43.2 Å². The lowest BCUT2D eigenvalue weighted by atomic mass is 9.79. The van der Waals surface area contributed by atoms with E-state index in [0.717, 1.165) is 0 Å². The van der Waals surface area contributed by atoms with Crippen molar-refractivity contribution in [3.05, 3.63) is 23.8 Å². The fourth-order valence-corrected chi connectivity index (χ4v) is 3.51. The summed E-state index contributed by atoms with van der Waals surface area (Å²) >= 11 is 0. The number of aliphatic carboxylic acids is 1. The Kier molecular flexibility index (Phi) is 13.1. The lowest BCUT2D eigenvalue weighted by Gasteiger charge is -2.32. The van der Waals surface area contributed by atoms with Crippen molar-refractivity contribution in [1.82, 2.24) is 0 Å². The third-order valence-corrected chi connectivity index (χ3v) is 6.19. The summed E-state index contributed by atoms with van der Waals surface area (Å²) in [5, 5.41) is 9.71. The Balaban J connectivity index is 3.36. The third-order valence-electron chi connectivity index (χ3n) is 6.19. The second-order valence-electron chi connectivity index (χ2n) is 9.54. The van der Waals surface area contributed by atoms with Crippen LogP contribution in [0, 0.1) is 11.8 Å². The van der Waals surface area contributed by atoms with E-state index in [1.807, 2.05) is 27.7 Å². The Labute approximate surface area is 218 Å². The molecule has 10 heteroatoms. The predicted octanol–water partition coefficient (Wildman–Crippen LogP) is 4.82. The van der Waals surface area contributed by atoms with E-state index in [4.69, 9.17) is 24.7 Å². The molecule has 0 aliphatic rings. The van der Waals surface area contributed by atoms with E-state index in [-0.39, 0.29) is 36.4 Å². The van der Waals surface area contributed by atoms with E-state index < -0.39 is 48.0 Å². The molecule has 1 rings (SSSR count). The average Bonchev–Trinajstić information content (AvgIpc) is 2.80.